The van der Waals surface area contributed by atoms with Crippen LogP contribution in [0.2, 0.25) is 0 Å². The van der Waals surface area contributed by atoms with E-state index in [1.54, 1.807) is 17.6 Å². The Hall–Kier alpha value is -1.17. The van der Waals surface area contributed by atoms with Crippen LogP contribution >= 0.6 is 11.3 Å². The molecule has 0 radical (unpaired) electrons. The highest BCUT2D eigenvalue weighted by Gasteiger charge is 2.18. The van der Waals surface area contributed by atoms with Crippen LogP contribution in [0.4, 0.5) is 0 Å². The van der Waals surface area contributed by atoms with E-state index < -0.39 is 0 Å². The zero-order chi connectivity index (χ0) is 13.8. The summed E-state index contributed by atoms with van der Waals surface area (Å²) in [6, 6.07) is 4.52. The van der Waals surface area contributed by atoms with E-state index in [1.807, 2.05) is 12.1 Å². The van der Waals surface area contributed by atoms with Crippen LogP contribution in [0.3, 0.4) is 0 Å². The maximum absolute atomic E-state index is 5.40. The van der Waals surface area contributed by atoms with Crippen molar-refractivity contribution in [3.63, 3.8) is 0 Å². The number of hydrogen-bond acceptors (Lipinski definition) is 5. The van der Waals surface area contributed by atoms with E-state index >= 15 is 0 Å². The number of aromatic nitrogens is 1. The van der Waals surface area contributed by atoms with Crippen LogP contribution in [0.1, 0.15) is 25.5 Å². The smallest absolute Gasteiger partial charge is 0.162 e. The van der Waals surface area contributed by atoms with Crippen molar-refractivity contribution in [2.24, 2.45) is 0 Å². The number of likely N-dealkylation sites (N-methyl/N-ethyl adjacent to an activating group) is 1. The lowest BCUT2D eigenvalue weighted by Gasteiger charge is -2.23. The minimum atomic E-state index is 0.651. The third kappa shape index (κ3) is 3.29. The summed E-state index contributed by atoms with van der Waals surface area (Å²) >= 11 is 1.66. The molecule has 1 unspecified atom stereocenters. The first-order valence-electron chi connectivity index (χ1n) is 7.29. The number of thiazole rings is 1. The van der Waals surface area contributed by atoms with E-state index in [9.17, 15) is 0 Å². The second kappa shape index (κ2) is 6.52. The average Bonchev–Trinajstić information content (AvgIpc) is 3.20. The molecule has 1 aliphatic heterocycles. The van der Waals surface area contributed by atoms with Gasteiger partial charge in [-0.2, -0.15) is 0 Å². The molecular weight excluding hydrogens is 270 g/mol. The Bertz CT molecular complexity index is 517. The van der Waals surface area contributed by atoms with Gasteiger partial charge < -0.3 is 9.73 Å². The third-order valence-corrected chi connectivity index (χ3v) is 4.66. The lowest BCUT2D eigenvalue weighted by Crippen LogP contribution is -2.37. The summed E-state index contributed by atoms with van der Waals surface area (Å²) in [5.74, 6) is 0.863. The second-order valence-electron chi connectivity index (χ2n) is 5.24. The van der Waals surface area contributed by atoms with Gasteiger partial charge in [-0.25, -0.2) is 4.98 Å². The van der Waals surface area contributed by atoms with Crippen molar-refractivity contribution in [1.29, 1.82) is 0 Å². The molecule has 5 heteroatoms. The van der Waals surface area contributed by atoms with Crippen LogP contribution in [0.15, 0.2) is 28.2 Å². The van der Waals surface area contributed by atoms with Crippen LogP contribution in [-0.4, -0.2) is 35.6 Å². The first-order valence-corrected chi connectivity index (χ1v) is 8.17. The Labute approximate surface area is 123 Å². The van der Waals surface area contributed by atoms with Gasteiger partial charge in [0.15, 0.2) is 10.8 Å². The predicted octanol–water partition coefficient (Wildman–Crippen LogP) is 2.98. The number of rotatable bonds is 6. The summed E-state index contributed by atoms with van der Waals surface area (Å²) in [6.45, 7) is 6.48. The van der Waals surface area contributed by atoms with Gasteiger partial charge in [-0.3, -0.25) is 4.90 Å². The molecule has 20 heavy (non-hydrogen) atoms. The van der Waals surface area contributed by atoms with E-state index in [1.165, 1.54) is 19.4 Å². The van der Waals surface area contributed by atoms with Crippen LogP contribution in [0.25, 0.3) is 10.8 Å². The first kappa shape index (κ1) is 13.8. The van der Waals surface area contributed by atoms with Gasteiger partial charge in [0.05, 0.1) is 12.0 Å². The van der Waals surface area contributed by atoms with Crippen molar-refractivity contribution in [3.8, 4) is 10.8 Å². The summed E-state index contributed by atoms with van der Waals surface area (Å²) in [7, 11) is 0. The first-order chi connectivity index (χ1) is 9.85. The van der Waals surface area contributed by atoms with E-state index in [4.69, 9.17) is 4.42 Å². The number of furan rings is 1. The Morgan fingerprint density at radius 2 is 2.50 bits per heavy atom. The highest BCUT2D eigenvalue weighted by atomic mass is 32.1. The number of nitrogens with zero attached hydrogens (tertiary/aromatic N) is 2. The molecule has 4 nitrogen and oxygen atoms in total. The van der Waals surface area contributed by atoms with Gasteiger partial charge in [0.1, 0.15) is 0 Å². The normalized spacial score (nSPS) is 19.0. The van der Waals surface area contributed by atoms with Crippen molar-refractivity contribution in [2.45, 2.75) is 32.4 Å². The fraction of sp³-hybridized carbons (Fsp3) is 0.533. The third-order valence-electron chi connectivity index (χ3n) is 3.76. The lowest BCUT2D eigenvalue weighted by molar-refractivity contribution is 0.251. The Kier molecular flexibility index (Phi) is 4.50. The topological polar surface area (TPSA) is 41.3 Å². The Balaban J connectivity index is 1.60. The molecule has 3 heterocycles. The molecular formula is C15H21N3OS. The summed E-state index contributed by atoms with van der Waals surface area (Å²) in [4.78, 5) is 7.14. The Morgan fingerprint density at radius 1 is 1.55 bits per heavy atom. The van der Waals surface area contributed by atoms with E-state index in [0.717, 1.165) is 36.1 Å². The molecule has 0 amide bonds. The molecule has 1 atom stereocenters. The van der Waals surface area contributed by atoms with Crippen molar-refractivity contribution in [2.75, 3.05) is 19.6 Å². The van der Waals surface area contributed by atoms with Gasteiger partial charge in [0.2, 0.25) is 0 Å². The van der Waals surface area contributed by atoms with Gasteiger partial charge in [0, 0.05) is 24.5 Å². The van der Waals surface area contributed by atoms with Gasteiger partial charge in [0.25, 0.3) is 0 Å². The van der Waals surface area contributed by atoms with Gasteiger partial charge in [-0.1, -0.05) is 6.92 Å². The highest BCUT2D eigenvalue weighted by molar-refractivity contribution is 7.13. The summed E-state index contributed by atoms with van der Waals surface area (Å²) in [5, 5.41) is 6.67. The zero-order valence-electron chi connectivity index (χ0n) is 11.8. The van der Waals surface area contributed by atoms with E-state index in [0.29, 0.717) is 6.04 Å². The molecule has 108 valence electrons. The fourth-order valence-electron chi connectivity index (χ4n) is 2.65. The molecule has 0 aromatic carbocycles. The second-order valence-corrected chi connectivity index (χ2v) is 6.10. The average molecular weight is 291 g/mol. The van der Waals surface area contributed by atoms with Crippen molar-refractivity contribution >= 4 is 11.3 Å². The van der Waals surface area contributed by atoms with E-state index in [-0.39, 0.29) is 0 Å². The zero-order valence-corrected chi connectivity index (χ0v) is 12.7. The molecule has 0 saturated carbocycles. The molecule has 0 aliphatic carbocycles. The maximum atomic E-state index is 5.40. The van der Waals surface area contributed by atoms with Crippen molar-refractivity contribution < 1.29 is 4.42 Å². The Morgan fingerprint density at radius 3 is 3.20 bits per heavy atom. The molecule has 1 aliphatic rings. The van der Waals surface area contributed by atoms with Crippen LogP contribution < -0.4 is 5.32 Å². The molecule has 0 spiro atoms. The maximum Gasteiger partial charge on any atom is 0.162 e. The molecule has 1 N–H and O–H groups in total. The molecule has 2 aromatic heterocycles. The standard InChI is InChI=1S/C15H21N3OS/c1-2-18(9-12-5-3-7-16-12)10-13-11-20-15(17-13)14-6-4-8-19-14/h4,6,8,11-12,16H,2-3,5,7,9-10H2,1H3. The van der Waals surface area contributed by atoms with E-state index in [2.05, 4.69) is 27.5 Å². The van der Waals surface area contributed by atoms with Crippen molar-refractivity contribution in [3.05, 3.63) is 29.5 Å². The van der Waals surface area contributed by atoms with Crippen molar-refractivity contribution in [1.82, 2.24) is 15.2 Å². The SMILES string of the molecule is CCN(Cc1csc(-c2ccco2)n1)CC1CCCN1. The summed E-state index contributed by atoms with van der Waals surface area (Å²) in [6.07, 6.45) is 4.30. The quantitative estimate of drug-likeness (QED) is 0.888. The fourth-order valence-corrected chi connectivity index (χ4v) is 3.43. The largest absolute Gasteiger partial charge is 0.462 e. The molecule has 0 bridgehead atoms. The van der Waals surface area contributed by atoms with Crippen LogP contribution in [-0.2, 0) is 6.54 Å². The number of nitrogens with one attached hydrogen (secondary N) is 1. The predicted molar refractivity (Wildman–Crippen MR) is 81.8 cm³/mol. The molecule has 1 saturated heterocycles. The summed E-state index contributed by atoms with van der Waals surface area (Å²) < 4.78 is 5.40. The minimum Gasteiger partial charge on any atom is -0.462 e. The summed E-state index contributed by atoms with van der Waals surface area (Å²) in [5.41, 5.74) is 1.14. The molecule has 1 fully saturated rings. The van der Waals surface area contributed by atoms with Gasteiger partial charge in [-0.05, 0) is 38.1 Å². The monoisotopic (exact) mass is 291 g/mol. The lowest BCUT2D eigenvalue weighted by atomic mass is 10.2. The van der Waals surface area contributed by atoms with Crippen LogP contribution in [0, 0.1) is 0 Å². The highest BCUT2D eigenvalue weighted by Crippen LogP contribution is 2.24. The van der Waals surface area contributed by atoms with Gasteiger partial charge in [-0.15, -0.1) is 11.3 Å². The minimum absolute atomic E-state index is 0.651. The molecule has 2 aromatic rings. The molecule has 3 rings (SSSR count). The van der Waals surface area contributed by atoms with Crippen LogP contribution in [0.5, 0.6) is 0 Å². The number of hydrogen-bond donors (Lipinski definition) is 1. The van der Waals surface area contributed by atoms with Gasteiger partial charge >= 0.3 is 0 Å².